The number of fused-ring (bicyclic) bond motifs is 1. The van der Waals surface area contributed by atoms with Crippen LogP contribution in [0.15, 0.2) is 6.07 Å². The highest BCUT2D eigenvalue weighted by Gasteiger charge is 2.23. The van der Waals surface area contributed by atoms with Crippen molar-refractivity contribution in [3.63, 3.8) is 0 Å². The van der Waals surface area contributed by atoms with Crippen molar-refractivity contribution in [3.8, 4) is 5.75 Å². The molecule has 1 nitrogen and oxygen atoms in total. The maximum atomic E-state index is 13.0. The van der Waals surface area contributed by atoms with Crippen molar-refractivity contribution in [1.82, 2.24) is 0 Å². The van der Waals surface area contributed by atoms with Gasteiger partial charge in [0.2, 0.25) is 0 Å². The second kappa shape index (κ2) is 4.40. The van der Waals surface area contributed by atoms with Gasteiger partial charge in [-0.15, -0.1) is 0 Å². The molecule has 0 fully saturated rings. The summed E-state index contributed by atoms with van der Waals surface area (Å²) in [5, 5.41) is 0. The van der Waals surface area contributed by atoms with E-state index in [1.807, 2.05) is 19.9 Å². The lowest BCUT2D eigenvalue weighted by Gasteiger charge is -2.27. The highest BCUT2D eigenvalue weighted by molar-refractivity contribution is 5.51. The van der Waals surface area contributed by atoms with E-state index in [1.165, 1.54) is 0 Å². The Morgan fingerprint density at radius 3 is 2.62 bits per heavy atom. The van der Waals surface area contributed by atoms with E-state index in [4.69, 9.17) is 4.74 Å². The first-order chi connectivity index (χ1) is 7.67. The Morgan fingerprint density at radius 2 is 2.00 bits per heavy atom. The van der Waals surface area contributed by atoms with Gasteiger partial charge in [-0.05, 0) is 43.4 Å². The van der Waals surface area contributed by atoms with Crippen LogP contribution in [0.3, 0.4) is 0 Å². The smallest absolute Gasteiger partial charge is 0.129 e. The molecule has 0 saturated heterocycles. The van der Waals surface area contributed by atoms with Crippen LogP contribution in [0.1, 0.15) is 35.6 Å². The first kappa shape index (κ1) is 11.4. The number of alkyl halides is 2. The maximum Gasteiger partial charge on any atom is 0.129 e. The average Bonchev–Trinajstić information content (AvgIpc) is 2.28. The Hall–Kier alpha value is -1.12. The molecule has 0 saturated carbocycles. The Labute approximate surface area is 94.4 Å². The van der Waals surface area contributed by atoms with E-state index < -0.39 is 13.3 Å². The Kier molecular flexibility index (Phi) is 3.13. The van der Waals surface area contributed by atoms with Crippen molar-refractivity contribution in [2.24, 2.45) is 0 Å². The normalized spacial score (nSPS) is 19.1. The summed E-state index contributed by atoms with van der Waals surface area (Å²) in [5.74, 6) is 0.583. The first-order valence-corrected chi connectivity index (χ1v) is 5.60. The largest absolute Gasteiger partial charge is 0.490 e. The summed E-state index contributed by atoms with van der Waals surface area (Å²) in [6.07, 6.45) is 1.91. The van der Waals surface area contributed by atoms with Crippen LogP contribution in [0.4, 0.5) is 8.78 Å². The van der Waals surface area contributed by atoms with E-state index in [9.17, 15) is 8.78 Å². The molecule has 1 aromatic rings. The van der Waals surface area contributed by atoms with Gasteiger partial charge in [-0.2, -0.15) is 0 Å². The lowest BCUT2D eigenvalue weighted by Crippen LogP contribution is -2.21. The standard InChI is InChI=1S/C13H16F2O/c1-8-5-10-4-3-9(2)16-13(10)12(7-15)11(8)6-14/h5,9H,3-4,6-7H2,1-2H3. The summed E-state index contributed by atoms with van der Waals surface area (Å²) in [6, 6.07) is 1.93. The predicted molar refractivity (Wildman–Crippen MR) is 59.2 cm³/mol. The Balaban J connectivity index is 2.57. The lowest BCUT2D eigenvalue weighted by atomic mass is 9.93. The second-order valence-electron chi connectivity index (χ2n) is 4.37. The molecule has 0 amide bonds. The van der Waals surface area contributed by atoms with Crippen LogP contribution >= 0.6 is 0 Å². The summed E-state index contributed by atoms with van der Waals surface area (Å²) in [6.45, 7) is 2.50. The van der Waals surface area contributed by atoms with Crippen LogP contribution in [-0.4, -0.2) is 6.10 Å². The summed E-state index contributed by atoms with van der Waals surface area (Å²) >= 11 is 0. The summed E-state index contributed by atoms with van der Waals surface area (Å²) < 4.78 is 31.5. The third-order valence-corrected chi connectivity index (χ3v) is 3.20. The van der Waals surface area contributed by atoms with E-state index in [-0.39, 0.29) is 6.10 Å². The van der Waals surface area contributed by atoms with E-state index >= 15 is 0 Å². The fourth-order valence-corrected chi connectivity index (χ4v) is 2.26. The molecule has 16 heavy (non-hydrogen) atoms. The Bertz CT molecular complexity index is 401. The fourth-order valence-electron chi connectivity index (χ4n) is 2.26. The molecule has 2 rings (SSSR count). The molecular weight excluding hydrogens is 210 g/mol. The number of halogens is 2. The van der Waals surface area contributed by atoms with Crippen LogP contribution < -0.4 is 4.74 Å². The van der Waals surface area contributed by atoms with E-state index in [1.54, 1.807) is 0 Å². The van der Waals surface area contributed by atoms with Gasteiger partial charge in [-0.25, -0.2) is 8.78 Å². The molecule has 0 spiro atoms. The Morgan fingerprint density at radius 1 is 1.31 bits per heavy atom. The van der Waals surface area contributed by atoms with Crippen molar-refractivity contribution >= 4 is 0 Å². The molecule has 1 aromatic carbocycles. The second-order valence-corrected chi connectivity index (χ2v) is 4.37. The van der Waals surface area contributed by atoms with Gasteiger partial charge in [0.05, 0.1) is 6.10 Å². The maximum absolute atomic E-state index is 13.0. The van der Waals surface area contributed by atoms with Crippen LogP contribution in [0.2, 0.25) is 0 Å². The molecule has 1 atom stereocenters. The minimum atomic E-state index is -0.657. The third kappa shape index (κ3) is 1.79. The lowest BCUT2D eigenvalue weighted by molar-refractivity contribution is 0.188. The number of benzene rings is 1. The minimum absolute atomic E-state index is 0.0907. The van der Waals surface area contributed by atoms with Crippen LogP contribution in [0, 0.1) is 6.92 Å². The third-order valence-electron chi connectivity index (χ3n) is 3.20. The van der Waals surface area contributed by atoms with E-state index in [2.05, 4.69) is 0 Å². The van der Waals surface area contributed by atoms with Crippen molar-refractivity contribution in [2.75, 3.05) is 0 Å². The quantitative estimate of drug-likeness (QED) is 0.748. The molecule has 1 aliphatic heterocycles. The zero-order chi connectivity index (χ0) is 11.7. The van der Waals surface area contributed by atoms with Crippen molar-refractivity contribution in [2.45, 2.75) is 46.1 Å². The highest BCUT2D eigenvalue weighted by atomic mass is 19.1. The number of hydrogen-bond acceptors (Lipinski definition) is 1. The van der Waals surface area contributed by atoms with Crippen molar-refractivity contribution in [1.29, 1.82) is 0 Å². The number of aryl methyl sites for hydroxylation is 2. The van der Waals surface area contributed by atoms with Crippen LogP contribution in [0.25, 0.3) is 0 Å². The van der Waals surface area contributed by atoms with Gasteiger partial charge in [-0.3, -0.25) is 0 Å². The van der Waals surface area contributed by atoms with Gasteiger partial charge in [0.1, 0.15) is 19.1 Å². The van der Waals surface area contributed by atoms with E-state index in [0.29, 0.717) is 16.9 Å². The fraction of sp³-hybridized carbons (Fsp3) is 0.538. The molecule has 0 bridgehead atoms. The molecule has 1 heterocycles. The number of ether oxygens (including phenoxy) is 1. The van der Waals surface area contributed by atoms with Gasteiger partial charge in [0, 0.05) is 5.56 Å². The summed E-state index contributed by atoms with van der Waals surface area (Å²) in [7, 11) is 0. The van der Waals surface area contributed by atoms with Gasteiger partial charge in [0.15, 0.2) is 0 Å². The number of rotatable bonds is 2. The molecule has 0 N–H and O–H groups in total. The molecular formula is C13H16F2O. The molecule has 0 aromatic heterocycles. The highest BCUT2D eigenvalue weighted by Crippen LogP contribution is 2.36. The van der Waals surface area contributed by atoms with Crippen molar-refractivity contribution < 1.29 is 13.5 Å². The van der Waals surface area contributed by atoms with Gasteiger partial charge < -0.3 is 4.74 Å². The molecule has 1 unspecified atom stereocenters. The summed E-state index contributed by atoms with van der Waals surface area (Å²) in [4.78, 5) is 0. The summed E-state index contributed by atoms with van der Waals surface area (Å²) in [5.41, 5.74) is 2.70. The van der Waals surface area contributed by atoms with E-state index in [0.717, 1.165) is 24.0 Å². The topological polar surface area (TPSA) is 9.23 Å². The molecule has 1 aliphatic rings. The monoisotopic (exact) mass is 226 g/mol. The van der Waals surface area contributed by atoms with Crippen molar-refractivity contribution in [3.05, 3.63) is 28.3 Å². The zero-order valence-corrected chi connectivity index (χ0v) is 9.65. The van der Waals surface area contributed by atoms with Crippen LogP contribution in [-0.2, 0) is 19.8 Å². The SMILES string of the molecule is Cc1cc2c(c(CF)c1CF)OC(C)CC2. The predicted octanol–water partition coefficient (Wildman–Crippen LogP) is 3.65. The van der Waals surface area contributed by atoms with Gasteiger partial charge >= 0.3 is 0 Å². The number of hydrogen-bond donors (Lipinski definition) is 0. The average molecular weight is 226 g/mol. The molecule has 0 aliphatic carbocycles. The first-order valence-electron chi connectivity index (χ1n) is 5.60. The van der Waals surface area contributed by atoms with Gasteiger partial charge in [-0.1, -0.05) is 6.07 Å². The van der Waals surface area contributed by atoms with Gasteiger partial charge in [0.25, 0.3) is 0 Å². The molecule has 0 radical (unpaired) electrons. The minimum Gasteiger partial charge on any atom is -0.490 e. The molecule has 88 valence electrons. The van der Waals surface area contributed by atoms with Crippen LogP contribution in [0.5, 0.6) is 5.75 Å². The molecule has 3 heteroatoms. The zero-order valence-electron chi connectivity index (χ0n) is 9.65.